The molecule has 1 fully saturated rings. The zero-order valence-electron chi connectivity index (χ0n) is 17.8. The van der Waals surface area contributed by atoms with Crippen LogP contribution in [0.15, 0.2) is 33.0 Å². The van der Waals surface area contributed by atoms with Gasteiger partial charge in [0.05, 0.1) is 0 Å². The van der Waals surface area contributed by atoms with Crippen LogP contribution in [0.1, 0.15) is 10.8 Å². The average Bonchev–Trinajstić information content (AvgIpc) is 3.23. The number of oxime groups is 1. The Balaban J connectivity index is 1.49. The van der Waals surface area contributed by atoms with Gasteiger partial charge in [0.2, 0.25) is 5.71 Å². The number of rotatable bonds is 8. The molecule has 2 aromatic rings. The van der Waals surface area contributed by atoms with Crippen molar-refractivity contribution in [3.05, 3.63) is 34.4 Å². The first-order valence-corrected chi connectivity index (χ1v) is 12.5. The molecule has 0 saturated carbocycles. The number of aryl methyl sites for hydroxylation is 1. The molecular formula is C18H18N8O5S3. The summed E-state index contributed by atoms with van der Waals surface area (Å²) in [6, 6.07) is 0.495. The van der Waals surface area contributed by atoms with E-state index in [0.29, 0.717) is 17.1 Å². The maximum atomic E-state index is 12.9. The number of aromatic nitrogens is 4. The summed E-state index contributed by atoms with van der Waals surface area (Å²) < 4.78 is 0.718. The molecule has 2 aliphatic heterocycles. The average molecular weight is 523 g/mol. The lowest BCUT2D eigenvalue weighted by Gasteiger charge is -2.49. The molecule has 4 N–H and O–H groups in total. The smallest absolute Gasteiger partial charge is 0.352 e. The van der Waals surface area contributed by atoms with Gasteiger partial charge in [-0.1, -0.05) is 28.3 Å². The molecule has 0 radical (unpaired) electrons. The predicted molar refractivity (Wildman–Crippen MR) is 125 cm³/mol. The molecule has 1 saturated heterocycles. The molecule has 4 rings (SSSR count). The Labute approximate surface area is 205 Å². The van der Waals surface area contributed by atoms with Gasteiger partial charge in [0.15, 0.2) is 10.2 Å². The molecule has 2 amide bonds. The number of carboxylic acid groups (broad SMARTS) is 1. The van der Waals surface area contributed by atoms with Gasteiger partial charge < -0.3 is 21.0 Å². The lowest BCUT2D eigenvalue weighted by molar-refractivity contribution is -0.150. The second-order valence-electron chi connectivity index (χ2n) is 6.92. The number of nitrogen functional groups attached to an aromatic ring is 1. The first-order valence-electron chi connectivity index (χ1n) is 9.64. The number of hydrogen-bond acceptors (Lipinski definition) is 13. The van der Waals surface area contributed by atoms with Gasteiger partial charge in [-0.3, -0.25) is 14.5 Å². The number of nitrogens with zero attached hydrogens (tertiary/aromatic N) is 6. The standard InChI is InChI=1S/C18H18N8O5S3/c1-7-23-24-18(34-7)33-6-8-5-32-16-11(15(28)26(16)12(8)17(29)30)22-14(27)10(25-31-2)13-20-4-3-9(19)21-13/h3-4,11,16H,5-6H2,1-2H3,(H,22,27)(H,29,30)(H2,19,20,21)/b25-10+. The van der Waals surface area contributed by atoms with E-state index in [1.807, 2.05) is 6.92 Å². The molecule has 0 bridgehead atoms. The van der Waals surface area contributed by atoms with Crippen LogP contribution in [0.25, 0.3) is 0 Å². The van der Waals surface area contributed by atoms with E-state index in [4.69, 9.17) is 10.6 Å². The van der Waals surface area contributed by atoms with Gasteiger partial charge >= 0.3 is 5.97 Å². The fourth-order valence-electron chi connectivity index (χ4n) is 3.25. The quantitative estimate of drug-likeness (QED) is 0.184. The van der Waals surface area contributed by atoms with E-state index in [2.05, 4.69) is 30.6 Å². The summed E-state index contributed by atoms with van der Waals surface area (Å²) in [5, 5.41) is 24.3. The molecule has 0 spiro atoms. The third kappa shape index (κ3) is 4.69. The maximum Gasteiger partial charge on any atom is 0.352 e. The van der Waals surface area contributed by atoms with Gasteiger partial charge in [-0.15, -0.1) is 22.0 Å². The van der Waals surface area contributed by atoms with Crippen LogP contribution in [-0.4, -0.2) is 83.7 Å². The van der Waals surface area contributed by atoms with Gasteiger partial charge in [0.1, 0.15) is 35.0 Å². The number of thioether (sulfide) groups is 2. The number of nitrogens with one attached hydrogen (secondary N) is 1. The number of carboxylic acids is 1. The normalized spacial score (nSPS) is 20.0. The summed E-state index contributed by atoms with van der Waals surface area (Å²) in [6.45, 7) is 1.83. The summed E-state index contributed by atoms with van der Waals surface area (Å²) in [7, 11) is 1.25. The van der Waals surface area contributed by atoms with Crippen LogP contribution < -0.4 is 11.1 Å². The third-order valence-electron chi connectivity index (χ3n) is 4.70. The van der Waals surface area contributed by atoms with Gasteiger partial charge in [-0.25, -0.2) is 14.8 Å². The summed E-state index contributed by atoms with van der Waals surface area (Å²) in [4.78, 5) is 51.6. The van der Waals surface area contributed by atoms with Crippen molar-refractivity contribution in [2.75, 3.05) is 24.3 Å². The summed E-state index contributed by atoms with van der Waals surface area (Å²) >= 11 is 4.14. The van der Waals surface area contributed by atoms with Crippen LogP contribution in [0.5, 0.6) is 0 Å². The fourth-order valence-corrected chi connectivity index (χ4v) is 6.55. The van der Waals surface area contributed by atoms with Crippen molar-refractivity contribution in [2.24, 2.45) is 5.16 Å². The summed E-state index contributed by atoms with van der Waals surface area (Å²) in [6.07, 6.45) is 1.36. The number of amides is 2. The predicted octanol–water partition coefficient (Wildman–Crippen LogP) is 0.100. The summed E-state index contributed by atoms with van der Waals surface area (Å²) in [5.41, 5.74) is 5.91. The Hall–Kier alpha value is -3.24. The number of β-lactam (4-membered cyclic amide) rings is 1. The van der Waals surface area contributed by atoms with E-state index in [1.165, 1.54) is 59.1 Å². The number of carbonyl (C=O) groups excluding carboxylic acids is 2. The van der Waals surface area contributed by atoms with Crippen molar-refractivity contribution < 1.29 is 24.3 Å². The first-order chi connectivity index (χ1) is 16.3. The fraction of sp³-hybridized carbons (Fsp3) is 0.333. The van der Waals surface area contributed by atoms with Crippen LogP contribution in [-0.2, 0) is 19.2 Å². The Bertz CT molecular complexity index is 1220. The molecule has 2 aromatic heterocycles. The highest BCUT2D eigenvalue weighted by molar-refractivity contribution is 8.01. The highest BCUT2D eigenvalue weighted by atomic mass is 32.2. The number of anilines is 1. The Kier molecular flexibility index (Phi) is 6.99. The molecule has 0 aliphatic carbocycles. The van der Waals surface area contributed by atoms with Crippen LogP contribution in [0.2, 0.25) is 0 Å². The Morgan fingerprint density at radius 1 is 1.44 bits per heavy atom. The lowest BCUT2D eigenvalue weighted by Crippen LogP contribution is -2.71. The van der Waals surface area contributed by atoms with Gasteiger partial charge in [-0.2, -0.15) is 0 Å². The largest absolute Gasteiger partial charge is 0.477 e. The Morgan fingerprint density at radius 2 is 2.24 bits per heavy atom. The molecule has 2 aliphatic rings. The first kappa shape index (κ1) is 23.9. The molecule has 16 heteroatoms. The van der Waals surface area contributed by atoms with Crippen molar-refractivity contribution in [1.82, 2.24) is 30.4 Å². The molecule has 4 heterocycles. The van der Waals surface area contributed by atoms with Crippen LogP contribution in [0.3, 0.4) is 0 Å². The number of fused-ring (bicyclic) bond motifs is 1. The highest BCUT2D eigenvalue weighted by Gasteiger charge is 2.54. The zero-order valence-corrected chi connectivity index (χ0v) is 20.2. The second-order valence-corrected chi connectivity index (χ2v) is 10.4. The number of carbonyl (C=O) groups is 3. The third-order valence-corrected chi connectivity index (χ3v) is 8.10. The van der Waals surface area contributed by atoms with E-state index in [1.54, 1.807) is 0 Å². The monoisotopic (exact) mass is 522 g/mol. The Morgan fingerprint density at radius 3 is 2.88 bits per heavy atom. The minimum absolute atomic E-state index is 0.0714. The second kappa shape index (κ2) is 9.94. The minimum atomic E-state index is -1.21. The van der Waals surface area contributed by atoms with E-state index < -0.39 is 29.2 Å². The van der Waals surface area contributed by atoms with Gasteiger partial charge in [0.25, 0.3) is 11.8 Å². The van der Waals surface area contributed by atoms with Gasteiger partial charge in [0, 0.05) is 17.7 Å². The van der Waals surface area contributed by atoms with Gasteiger partial charge in [-0.05, 0) is 18.6 Å². The molecule has 13 nitrogen and oxygen atoms in total. The van der Waals surface area contributed by atoms with E-state index in [-0.39, 0.29) is 23.1 Å². The molecule has 2 atom stereocenters. The summed E-state index contributed by atoms with van der Waals surface area (Å²) in [5.74, 6) is -1.71. The van der Waals surface area contributed by atoms with Crippen molar-refractivity contribution >= 4 is 64.2 Å². The van der Waals surface area contributed by atoms with Crippen molar-refractivity contribution in [1.29, 1.82) is 0 Å². The maximum absolute atomic E-state index is 12.9. The number of nitrogens with two attached hydrogens (primary N) is 1. The zero-order chi connectivity index (χ0) is 24.4. The van der Waals surface area contributed by atoms with E-state index in [9.17, 15) is 19.5 Å². The van der Waals surface area contributed by atoms with Crippen molar-refractivity contribution in [2.45, 2.75) is 22.7 Å². The molecular weight excluding hydrogens is 504 g/mol. The van der Waals surface area contributed by atoms with E-state index in [0.717, 1.165) is 9.35 Å². The van der Waals surface area contributed by atoms with Crippen LogP contribution in [0, 0.1) is 6.92 Å². The lowest BCUT2D eigenvalue weighted by atomic mass is 10.0. The van der Waals surface area contributed by atoms with E-state index >= 15 is 0 Å². The molecule has 178 valence electrons. The van der Waals surface area contributed by atoms with Crippen molar-refractivity contribution in [3.8, 4) is 0 Å². The molecule has 2 unspecified atom stereocenters. The topological polar surface area (TPSA) is 186 Å². The van der Waals surface area contributed by atoms with Crippen LogP contribution >= 0.6 is 34.9 Å². The molecule has 34 heavy (non-hydrogen) atoms. The minimum Gasteiger partial charge on any atom is -0.477 e. The number of hydrogen-bond donors (Lipinski definition) is 3. The highest BCUT2D eigenvalue weighted by Crippen LogP contribution is 2.41. The molecule has 0 aromatic carbocycles. The van der Waals surface area contributed by atoms with Crippen LogP contribution in [0.4, 0.5) is 5.82 Å². The number of aliphatic carboxylic acids is 1. The SMILES string of the molecule is CO/N=C(/C(=O)NC1C(=O)N2C(C(=O)O)=C(CSc3nnc(C)s3)CSC12)c1nccc(N)n1. The van der Waals surface area contributed by atoms with Crippen molar-refractivity contribution in [3.63, 3.8) is 0 Å².